The van der Waals surface area contributed by atoms with Crippen molar-refractivity contribution in [2.24, 2.45) is 4.99 Å². The number of hydrogen-bond donors (Lipinski definition) is 2. The Kier molecular flexibility index (Phi) is 6.61. The Balaban J connectivity index is 1.86. The van der Waals surface area contributed by atoms with Crippen LogP contribution >= 0.6 is 0 Å². The topological polar surface area (TPSA) is 58.5 Å². The Labute approximate surface area is 144 Å². The van der Waals surface area contributed by atoms with Gasteiger partial charge in [0, 0.05) is 38.1 Å². The molecular formula is C19H26N4O. The SMILES string of the molecule is CN=C(NCCc1ccncc1C)NCc1ccc(C)cc1OC. The fourth-order valence-electron chi connectivity index (χ4n) is 2.50. The Hall–Kier alpha value is -2.56. The zero-order valence-electron chi connectivity index (χ0n) is 14.9. The smallest absolute Gasteiger partial charge is 0.191 e. The second-order valence-corrected chi connectivity index (χ2v) is 5.72. The van der Waals surface area contributed by atoms with Crippen LogP contribution in [0.15, 0.2) is 41.7 Å². The molecule has 5 heteroatoms. The molecule has 2 aromatic rings. The Bertz CT molecular complexity index is 698. The van der Waals surface area contributed by atoms with Crippen LogP contribution in [0.5, 0.6) is 5.75 Å². The molecular weight excluding hydrogens is 300 g/mol. The van der Waals surface area contributed by atoms with Crippen molar-refractivity contribution in [1.29, 1.82) is 0 Å². The minimum absolute atomic E-state index is 0.664. The molecule has 0 saturated heterocycles. The van der Waals surface area contributed by atoms with Gasteiger partial charge in [0.05, 0.1) is 7.11 Å². The van der Waals surface area contributed by atoms with Crippen LogP contribution in [0.4, 0.5) is 0 Å². The van der Waals surface area contributed by atoms with Gasteiger partial charge in [-0.2, -0.15) is 0 Å². The van der Waals surface area contributed by atoms with Crippen molar-refractivity contribution in [2.75, 3.05) is 20.7 Å². The van der Waals surface area contributed by atoms with E-state index in [-0.39, 0.29) is 0 Å². The van der Waals surface area contributed by atoms with E-state index in [9.17, 15) is 0 Å². The van der Waals surface area contributed by atoms with E-state index >= 15 is 0 Å². The maximum Gasteiger partial charge on any atom is 0.191 e. The largest absolute Gasteiger partial charge is 0.496 e. The van der Waals surface area contributed by atoms with Crippen LogP contribution in [0.1, 0.15) is 22.3 Å². The summed E-state index contributed by atoms with van der Waals surface area (Å²) >= 11 is 0. The van der Waals surface area contributed by atoms with Gasteiger partial charge >= 0.3 is 0 Å². The van der Waals surface area contributed by atoms with Gasteiger partial charge in [0.15, 0.2) is 5.96 Å². The molecule has 2 rings (SSSR count). The van der Waals surface area contributed by atoms with E-state index < -0.39 is 0 Å². The number of rotatable bonds is 6. The first-order chi connectivity index (χ1) is 11.6. The van der Waals surface area contributed by atoms with Gasteiger partial charge in [-0.25, -0.2) is 0 Å². The van der Waals surface area contributed by atoms with Crippen molar-refractivity contribution < 1.29 is 4.74 Å². The van der Waals surface area contributed by atoms with Gasteiger partial charge in [-0.05, 0) is 49.1 Å². The molecule has 128 valence electrons. The van der Waals surface area contributed by atoms with Gasteiger partial charge < -0.3 is 15.4 Å². The summed E-state index contributed by atoms with van der Waals surface area (Å²) in [6.07, 6.45) is 4.66. The number of aromatic nitrogens is 1. The second kappa shape index (κ2) is 8.91. The summed E-state index contributed by atoms with van der Waals surface area (Å²) in [6, 6.07) is 8.26. The van der Waals surface area contributed by atoms with E-state index in [1.165, 1.54) is 16.7 Å². The molecule has 0 amide bonds. The maximum atomic E-state index is 5.44. The van der Waals surface area contributed by atoms with Crippen LogP contribution in [0, 0.1) is 13.8 Å². The molecule has 1 heterocycles. The summed E-state index contributed by atoms with van der Waals surface area (Å²) in [6.45, 7) is 5.62. The number of aliphatic imine (C=N–C) groups is 1. The average Bonchev–Trinajstić information content (AvgIpc) is 2.60. The number of benzene rings is 1. The quantitative estimate of drug-likeness (QED) is 0.633. The monoisotopic (exact) mass is 326 g/mol. The third kappa shape index (κ3) is 4.98. The third-order valence-electron chi connectivity index (χ3n) is 3.94. The molecule has 24 heavy (non-hydrogen) atoms. The van der Waals surface area contributed by atoms with Crippen LogP contribution in [0.3, 0.4) is 0 Å². The highest BCUT2D eigenvalue weighted by Crippen LogP contribution is 2.19. The number of hydrogen-bond acceptors (Lipinski definition) is 3. The van der Waals surface area contributed by atoms with Crippen LogP contribution in [-0.4, -0.2) is 31.6 Å². The summed E-state index contributed by atoms with van der Waals surface area (Å²) in [5.41, 5.74) is 4.81. The van der Waals surface area contributed by atoms with Crippen LogP contribution in [-0.2, 0) is 13.0 Å². The van der Waals surface area contributed by atoms with Gasteiger partial charge in [-0.1, -0.05) is 12.1 Å². The van der Waals surface area contributed by atoms with Crippen molar-refractivity contribution in [3.05, 3.63) is 58.9 Å². The molecule has 0 bridgehead atoms. The Morgan fingerprint density at radius 1 is 1.17 bits per heavy atom. The number of methoxy groups -OCH3 is 1. The summed E-state index contributed by atoms with van der Waals surface area (Å²) < 4.78 is 5.44. The Morgan fingerprint density at radius 3 is 2.71 bits per heavy atom. The third-order valence-corrected chi connectivity index (χ3v) is 3.94. The number of guanidine groups is 1. The summed E-state index contributed by atoms with van der Waals surface area (Å²) in [7, 11) is 3.47. The lowest BCUT2D eigenvalue weighted by atomic mass is 10.1. The number of aryl methyl sites for hydroxylation is 2. The van der Waals surface area contributed by atoms with E-state index in [2.05, 4.69) is 52.7 Å². The van der Waals surface area contributed by atoms with Crippen LogP contribution < -0.4 is 15.4 Å². The van der Waals surface area contributed by atoms with Gasteiger partial charge in [0.25, 0.3) is 0 Å². The highest BCUT2D eigenvalue weighted by molar-refractivity contribution is 5.79. The lowest BCUT2D eigenvalue weighted by Crippen LogP contribution is -2.38. The van der Waals surface area contributed by atoms with Gasteiger partial charge in [0.2, 0.25) is 0 Å². The van der Waals surface area contributed by atoms with Gasteiger partial charge in [0.1, 0.15) is 5.75 Å². The lowest BCUT2D eigenvalue weighted by Gasteiger charge is -2.14. The highest BCUT2D eigenvalue weighted by Gasteiger charge is 2.05. The molecule has 0 radical (unpaired) electrons. The van der Waals surface area contributed by atoms with Crippen molar-refractivity contribution >= 4 is 5.96 Å². The zero-order chi connectivity index (χ0) is 17.4. The molecule has 0 aliphatic heterocycles. The molecule has 2 N–H and O–H groups in total. The van der Waals surface area contributed by atoms with E-state index in [1.807, 2.05) is 18.5 Å². The number of pyridine rings is 1. The van der Waals surface area contributed by atoms with Crippen molar-refractivity contribution in [3.8, 4) is 5.75 Å². The van der Waals surface area contributed by atoms with E-state index in [4.69, 9.17) is 4.74 Å². The van der Waals surface area contributed by atoms with Crippen molar-refractivity contribution in [3.63, 3.8) is 0 Å². The molecule has 0 atom stereocenters. The van der Waals surface area contributed by atoms with Gasteiger partial charge in [-0.15, -0.1) is 0 Å². The molecule has 0 aliphatic carbocycles. The molecule has 0 unspecified atom stereocenters. The lowest BCUT2D eigenvalue weighted by molar-refractivity contribution is 0.408. The van der Waals surface area contributed by atoms with E-state index in [0.29, 0.717) is 6.54 Å². The fourth-order valence-corrected chi connectivity index (χ4v) is 2.50. The first-order valence-electron chi connectivity index (χ1n) is 8.11. The van der Waals surface area contributed by atoms with Crippen molar-refractivity contribution in [1.82, 2.24) is 15.6 Å². The molecule has 1 aromatic heterocycles. The van der Waals surface area contributed by atoms with Crippen molar-refractivity contribution in [2.45, 2.75) is 26.8 Å². The minimum Gasteiger partial charge on any atom is -0.496 e. The summed E-state index contributed by atoms with van der Waals surface area (Å²) in [4.78, 5) is 8.39. The second-order valence-electron chi connectivity index (χ2n) is 5.72. The van der Waals surface area contributed by atoms with Crippen LogP contribution in [0.2, 0.25) is 0 Å². The standard InChI is InChI=1S/C19H26N4O/c1-14-5-6-17(18(11-14)24-4)13-23-19(20-3)22-10-8-16-7-9-21-12-15(16)2/h5-7,9,11-12H,8,10,13H2,1-4H3,(H2,20,22,23). The molecule has 0 spiro atoms. The number of nitrogens with zero attached hydrogens (tertiary/aromatic N) is 2. The zero-order valence-corrected chi connectivity index (χ0v) is 14.9. The predicted molar refractivity (Wildman–Crippen MR) is 98.6 cm³/mol. The van der Waals surface area contributed by atoms with E-state index in [0.717, 1.165) is 30.2 Å². The summed E-state index contributed by atoms with van der Waals surface area (Å²) in [5, 5.41) is 6.67. The predicted octanol–water partition coefficient (Wildman–Crippen LogP) is 2.61. The van der Waals surface area contributed by atoms with Gasteiger partial charge in [-0.3, -0.25) is 9.98 Å². The normalized spacial score (nSPS) is 11.2. The summed E-state index contributed by atoms with van der Waals surface area (Å²) in [5.74, 6) is 1.68. The molecule has 5 nitrogen and oxygen atoms in total. The fraction of sp³-hybridized carbons (Fsp3) is 0.368. The first kappa shape index (κ1) is 17.8. The maximum absolute atomic E-state index is 5.44. The molecule has 0 saturated carbocycles. The number of ether oxygens (including phenoxy) is 1. The minimum atomic E-state index is 0.664. The molecule has 1 aromatic carbocycles. The average molecular weight is 326 g/mol. The van der Waals surface area contributed by atoms with E-state index in [1.54, 1.807) is 14.2 Å². The highest BCUT2D eigenvalue weighted by atomic mass is 16.5. The molecule has 0 aliphatic rings. The number of nitrogens with one attached hydrogen (secondary N) is 2. The molecule has 0 fully saturated rings. The Morgan fingerprint density at radius 2 is 2.00 bits per heavy atom. The first-order valence-corrected chi connectivity index (χ1v) is 8.11. The van der Waals surface area contributed by atoms with Crippen LogP contribution in [0.25, 0.3) is 0 Å².